The number of rotatable bonds is 0. The molecule has 2 nitrogen and oxygen atoms in total. The lowest BCUT2D eigenvalue weighted by atomic mass is 10.5. The van der Waals surface area contributed by atoms with Gasteiger partial charge in [-0.05, 0) is 0 Å². The van der Waals surface area contributed by atoms with E-state index in [1.807, 2.05) is 0 Å². The van der Waals surface area contributed by atoms with Gasteiger partial charge in [0.05, 0.1) is 0 Å². The number of imidazole rings is 1. The molecule has 0 fully saturated rings. The summed E-state index contributed by atoms with van der Waals surface area (Å²) >= 11 is 0. The van der Waals surface area contributed by atoms with Crippen LogP contribution in [0.3, 0.4) is 0 Å². The summed E-state index contributed by atoms with van der Waals surface area (Å²) in [5.74, 6) is 0. The van der Waals surface area contributed by atoms with Gasteiger partial charge in [0.2, 0.25) is 0 Å². The summed E-state index contributed by atoms with van der Waals surface area (Å²) in [6.07, 6.45) is -0.529. The van der Waals surface area contributed by atoms with Gasteiger partial charge in [-0.15, -0.1) is 0 Å². The van der Waals surface area contributed by atoms with Crippen LogP contribution in [0.4, 0.5) is 13.2 Å². The number of hydrogen-bond donors (Lipinski definition) is 0. The number of nitrogens with zero attached hydrogens (tertiary/aromatic N) is 2. The minimum Gasteiger partial charge on any atom is -0.320 e. The Hall–Kier alpha value is -1.00. The van der Waals surface area contributed by atoms with Crippen molar-refractivity contribution in [2.75, 3.05) is 0 Å². The van der Waals surface area contributed by atoms with E-state index in [9.17, 15) is 13.2 Å². The van der Waals surface area contributed by atoms with Crippen LogP contribution >= 0.6 is 0 Å². The van der Waals surface area contributed by atoms with Gasteiger partial charge in [-0.2, -0.15) is 13.2 Å². The molecule has 0 aliphatic heterocycles. The zero-order chi connectivity index (χ0) is 7.78. The molecule has 0 spiro atoms. The topological polar surface area (TPSA) is 17.8 Å². The fourth-order valence-corrected chi connectivity index (χ4v) is 0.531. The zero-order valence-electron chi connectivity index (χ0n) is 5.03. The molecule has 0 bridgehead atoms. The lowest BCUT2D eigenvalue weighted by Gasteiger charge is -2.03. The Bertz CT molecular complexity index is 225. The molecule has 0 N–H and O–H groups in total. The highest BCUT2D eigenvalue weighted by molar-refractivity contribution is 4.99. The van der Waals surface area contributed by atoms with E-state index in [-0.39, 0.29) is 0 Å². The van der Waals surface area contributed by atoms with Crippen molar-refractivity contribution < 1.29 is 13.2 Å². The minimum atomic E-state index is -4.37. The van der Waals surface area contributed by atoms with Crippen LogP contribution in [0.2, 0.25) is 0 Å². The van der Waals surface area contributed by atoms with Gasteiger partial charge in [0, 0.05) is 7.05 Å². The highest BCUT2D eigenvalue weighted by Gasteiger charge is 2.34. The molecule has 1 aromatic rings. The molecule has 10 heavy (non-hydrogen) atoms. The van der Waals surface area contributed by atoms with Crippen molar-refractivity contribution in [3.05, 3.63) is 18.2 Å². The monoisotopic (exact) mass is 148 g/mol. The van der Waals surface area contributed by atoms with E-state index in [1.54, 1.807) is 6.20 Å². The Kier molecular flexibility index (Phi) is 1.42. The van der Waals surface area contributed by atoms with Crippen LogP contribution in [0, 0.1) is 12.5 Å². The second kappa shape index (κ2) is 2.00. The maximum Gasteiger partial charge on any atom is 0.433 e. The molecule has 2 radical (unpaired) electrons. The van der Waals surface area contributed by atoms with E-state index < -0.39 is 11.9 Å². The van der Waals surface area contributed by atoms with E-state index in [0.29, 0.717) is 0 Å². The molecule has 0 saturated carbocycles. The van der Waals surface area contributed by atoms with Crippen LogP contribution in [-0.4, -0.2) is 9.55 Å². The first-order valence-corrected chi connectivity index (χ1v) is 2.41. The Morgan fingerprint density at radius 2 is 2.10 bits per heavy atom. The van der Waals surface area contributed by atoms with Gasteiger partial charge in [-0.3, -0.25) is 0 Å². The molecule has 0 aliphatic carbocycles. The van der Waals surface area contributed by atoms with E-state index in [4.69, 9.17) is 0 Å². The first-order chi connectivity index (χ1) is 4.52. The van der Waals surface area contributed by atoms with Gasteiger partial charge >= 0.3 is 6.18 Å². The van der Waals surface area contributed by atoms with Crippen LogP contribution in [0.5, 0.6) is 0 Å². The lowest BCUT2D eigenvalue weighted by molar-refractivity contribution is -0.143. The van der Waals surface area contributed by atoms with Crippen molar-refractivity contribution in [3.8, 4) is 0 Å². The van der Waals surface area contributed by atoms with E-state index in [0.717, 1.165) is 4.57 Å². The summed E-state index contributed by atoms with van der Waals surface area (Å²) in [4.78, 5) is 3.08. The standard InChI is InChI=1S/C5H3F3N2/c1-10-3-9-2-4(10)5(6,7)8/h1H3. The quantitative estimate of drug-likeness (QED) is 0.537. The molecule has 5 heteroatoms. The molecule has 0 aliphatic rings. The Balaban J connectivity index is 3.05. The van der Waals surface area contributed by atoms with Gasteiger partial charge in [0.15, 0.2) is 12.0 Å². The van der Waals surface area contributed by atoms with Crippen LogP contribution < -0.4 is 0 Å². The van der Waals surface area contributed by atoms with E-state index in [2.05, 4.69) is 11.3 Å². The van der Waals surface area contributed by atoms with Gasteiger partial charge in [-0.1, -0.05) is 0 Å². The third kappa shape index (κ3) is 1.12. The van der Waals surface area contributed by atoms with Crippen molar-refractivity contribution in [3.63, 3.8) is 0 Å². The number of halogens is 3. The van der Waals surface area contributed by atoms with Crippen LogP contribution in [-0.2, 0) is 13.2 Å². The van der Waals surface area contributed by atoms with Crippen LogP contribution in [0.15, 0.2) is 0 Å². The number of hydrogen-bond acceptors (Lipinski definition) is 1. The summed E-state index contributed by atoms with van der Waals surface area (Å²) in [6.45, 7) is 0. The van der Waals surface area contributed by atoms with E-state index >= 15 is 0 Å². The molecule has 0 aromatic carbocycles. The lowest BCUT2D eigenvalue weighted by Crippen LogP contribution is -2.10. The minimum absolute atomic E-state index is 0.750. The van der Waals surface area contributed by atoms with Crippen molar-refractivity contribution in [1.82, 2.24) is 9.55 Å². The summed E-state index contributed by atoms with van der Waals surface area (Å²) in [6, 6.07) is 0. The average molecular weight is 148 g/mol. The summed E-state index contributed by atoms with van der Waals surface area (Å²) in [7, 11) is 1.21. The molecule has 1 rings (SSSR count). The summed E-state index contributed by atoms with van der Waals surface area (Å²) < 4.78 is 36.1. The van der Waals surface area contributed by atoms with Crippen molar-refractivity contribution in [2.45, 2.75) is 6.18 Å². The van der Waals surface area contributed by atoms with Gasteiger partial charge < -0.3 is 4.57 Å². The van der Waals surface area contributed by atoms with Gasteiger partial charge in [-0.25, -0.2) is 4.98 Å². The maximum absolute atomic E-state index is 11.8. The van der Waals surface area contributed by atoms with Crippen molar-refractivity contribution in [1.29, 1.82) is 0 Å². The largest absolute Gasteiger partial charge is 0.433 e. The van der Waals surface area contributed by atoms with Crippen LogP contribution in [0.25, 0.3) is 0 Å². The van der Waals surface area contributed by atoms with Gasteiger partial charge in [0.25, 0.3) is 0 Å². The Morgan fingerprint density at radius 1 is 1.50 bits per heavy atom. The second-order valence-corrected chi connectivity index (χ2v) is 1.73. The smallest absolute Gasteiger partial charge is 0.320 e. The third-order valence-electron chi connectivity index (χ3n) is 0.966. The molecule has 0 atom stereocenters. The predicted molar refractivity (Wildman–Crippen MR) is 25.9 cm³/mol. The summed E-state index contributed by atoms with van der Waals surface area (Å²) in [5.41, 5.74) is -0.910. The van der Waals surface area contributed by atoms with E-state index in [1.165, 1.54) is 7.05 Å². The first kappa shape index (κ1) is 7.11. The molecular weight excluding hydrogens is 145 g/mol. The SMILES string of the molecule is Cn1[c]n[c]c1C(F)(F)F. The summed E-state index contributed by atoms with van der Waals surface area (Å²) in [5, 5.41) is 0. The zero-order valence-corrected chi connectivity index (χ0v) is 5.03. The molecule has 54 valence electrons. The third-order valence-corrected chi connectivity index (χ3v) is 0.966. The molecule has 0 amide bonds. The molecular formula is C5H3F3N2. The fraction of sp³-hybridized carbons (Fsp3) is 0.400. The molecule has 0 unspecified atom stereocenters. The van der Waals surface area contributed by atoms with Crippen molar-refractivity contribution in [2.24, 2.45) is 7.05 Å². The number of aryl methyl sites for hydroxylation is 1. The normalized spacial score (nSPS) is 12.0. The molecule has 1 aromatic heterocycles. The first-order valence-electron chi connectivity index (χ1n) is 2.41. The fourth-order valence-electron chi connectivity index (χ4n) is 0.531. The highest BCUT2D eigenvalue weighted by atomic mass is 19.4. The maximum atomic E-state index is 11.8. The molecule has 0 saturated heterocycles. The average Bonchev–Trinajstić information content (AvgIpc) is 2.11. The Labute approximate surface area is 55.3 Å². The Morgan fingerprint density at radius 3 is 2.30 bits per heavy atom. The highest BCUT2D eigenvalue weighted by Crippen LogP contribution is 2.27. The predicted octanol–water partition coefficient (Wildman–Crippen LogP) is 1.04. The number of alkyl halides is 3. The molecule has 1 heterocycles. The number of aromatic nitrogens is 2. The second-order valence-electron chi connectivity index (χ2n) is 1.73. The van der Waals surface area contributed by atoms with Crippen molar-refractivity contribution >= 4 is 0 Å². The van der Waals surface area contributed by atoms with Crippen LogP contribution in [0.1, 0.15) is 5.69 Å². The van der Waals surface area contributed by atoms with Gasteiger partial charge in [0.1, 0.15) is 6.20 Å².